The van der Waals surface area contributed by atoms with Crippen LogP contribution in [-0.4, -0.2) is 21.8 Å². The van der Waals surface area contributed by atoms with Gasteiger partial charge in [0.25, 0.3) is 5.91 Å². The number of H-pyrrole nitrogens is 1. The molecule has 1 aliphatic rings. The highest BCUT2D eigenvalue weighted by Crippen LogP contribution is 2.41. The van der Waals surface area contributed by atoms with Gasteiger partial charge < -0.3 is 15.6 Å². The Hall–Kier alpha value is -4.44. The number of hydrogen-bond acceptors (Lipinski definition) is 4. The third kappa shape index (κ3) is 4.84. The molecule has 0 aliphatic heterocycles. The maximum atomic E-state index is 12.9. The van der Waals surface area contributed by atoms with E-state index in [0.29, 0.717) is 24.8 Å². The average molecular weight is 478 g/mol. The SMILES string of the molecule is N#CCc1ccc(C(=O)NC2(c3ccc(NC(=O)CCc4c[nH]c5ncccc45)cc3)CCC2)cc1. The van der Waals surface area contributed by atoms with Gasteiger partial charge in [-0.25, -0.2) is 4.98 Å². The van der Waals surface area contributed by atoms with Gasteiger partial charge in [0.15, 0.2) is 0 Å². The number of benzene rings is 2. The van der Waals surface area contributed by atoms with Crippen molar-refractivity contribution in [2.75, 3.05) is 5.32 Å². The molecule has 0 unspecified atom stereocenters. The molecule has 4 aromatic rings. The minimum absolute atomic E-state index is 0.0486. The summed E-state index contributed by atoms with van der Waals surface area (Å²) in [4.78, 5) is 32.9. The zero-order valence-corrected chi connectivity index (χ0v) is 19.9. The molecule has 180 valence electrons. The van der Waals surface area contributed by atoms with Gasteiger partial charge >= 0.3 is 0 Å². The van der Waals surface area contributed by atoms with Gasteiger partial charge in [0.2, 0.25) is 5.91 Å². The predicted octanol–water partition coefficient (Wildman–Crippen LogP) is 5.01. The van der Waals surface area contributed by atoms with E-state index in [-0.39, 0.29) is 11.8 Å². The molecule has 5 rings (SSSR count). The molecule has 1 aliphatic carbocycles. The highest BCUT2D eigenvalue weighted by Gasteiger charge is 2.40. The second kappa shape index (κ2) is 10.0. The number of rotatable bonds is 8. The van der Waals surface area contributed by atoms with Crippen molar-refractivity contribution in [1.82, 2.24) is 15.3 Å². The van der Waals surface area contributed by atoms with Crippen LogP contribution in [0.15, 0.2) is 73.1 Å². The smallest absolute Gasteiger partial charge is 0.251 e. The van der Waals surface area contributed by atoms with E-state index in [9.17, 15) is 9.59 Å². The minimum Gasteiger partial charge on any atom is -0.346 e. The Morgan fingerprint density at radius 3 is 2.53 bits per heavy atom. The summed E-state index contributed by atoms with van der Waals surface area (Å²) in [5.41, 5.74) is 4.75. The molecule has 0 spiro atoms. The van der Waals surface area contributed by atoms with Gasteiger partial charge in [0.05, 0.1) is 18.0 Å². The van der Waals surface area contributed by atoms with E-state index in [4.69, 9.17) is 5.26 Å². The topological polar surface area (TPSA) is 111 Å². The highest BCUT2D eigenvalue weighted by molar-refractivity contribution is 5.95. The minimum atomic E-state index is -0.395. The van der Waals surface area contributed by atoms with Gasteiger partial charge in [-0.05, 0) is 78.8 Å². The van der Waals surface area contributed by atoms with Gasteiger partial charge in [0.1, 0.15) is 5.65 Å². The molecule has 0 radical (unpaired) electrons. The average Bonchev–Trinajstić information content (AvgIpc) is 3.29. The Bertz CT molecular complexity index is 1430. The number of nitrogens with zero attached hydrogens (tertiary/aromatic N) is 2. The number of aromatic amines is 1. The van der Waals surface area contributed by atoms with Crippen molar-refractivity contribution in [2.45, 2.75) is 44.1 Å². The molecule has 2 heterocycles. The van der Waals surface area contributed by atoms with Gasteiger partial charge in [-0.3, -0.25) is 9.59 Å². The largest absolute Gasteiger partial charge is 0.346 e. The van der Waals surface area contributed by atoms with Crippen molar-refractivity contribution in [3.8, 4) is 6.07 Å². The number of fused-ring (bicyclic) bond motifs is 1. The molecule has 2 amide bonds. The first-order valence-corrected chi connectivity index (χ1v) is 12.2. The van der Waals surface area contributed by atoms with Crippen molar-refractivity contribution in [3.05, 3.63) is 95.3 Å². The van der Waals surface area contributed by atoms with E-state index in [1.165, 1.54) is 0 Å². The lowest BCUT2D eigenvalue weighted by atomic mass is 9.71. The number of carbonyl (C=O) groups is 2. The van der Waals surface area contributed by atoms with Gasteiger partial charge in [-0.2, -0.15) is 5.26 Å². The fraction of sp³-hybridized carbons (Fsp3) is 0.241. The molecule has 0 bridgehead atoms. The fourth-order valence-corrected chi connectivity index (χ4v) is 4.73. The van der Waals surface area contributed by atoms with Crippen molar-refractivity contribution >= 4 is 28.5 Å². The molecular weight excluding hydrogens is 450 g/mol. The van der Waals surface area contributed by atoms with Crippen LogP contribution in [0.2, 0.25) is 0 Å². The number of nitriles is 1. The Kier molecular flexibility index (Phi) is 6.50. The molecule has 7 nitrogen and oxygen atoms in total. The molecule has 1 saturated carbocycles. The van der Waals surface area contributed by atoms with Crippen LogP contribution >= 0.6 is 0 Å². The van der Waals surface area contributed by atoms with E-state index < -0.39 is 5.54 Å². The van der Waals surface area contributed by atoms with E-state index in [2.05, 4.69) is 26.7 Å². The summed E-state index contributed by atoms with van der Waals surface area (Å²) in [6.07, 6.45) is 7.77. The van der Waals surface area contributed by atoms with Crippen LogP contribution in [0.5, 0.6) is 0 Å². The van der Waals surface area contributed by atoms with Crippen LogP contribution in [0.3, 0.4) is 0 Å². The monoisotopic (exact) mass is 477 g/mol. The van der Waals surface area contributed by atoms with Crippen LogP contribution in [-0.2, 0) is 23.2 Å². The lowest BCUT2D eigenvalue weighted by molar-refractivity contribution is -0.116. The molecule has 2 aromatic carbocycles. The van der Waals surface area contributed by atoms with Gasteiger partial charge in [-0.1, -0.05) is 24.3 Å². The maximum Gasteiger partial charge on any atom is 0.251 e. The second-order valence-corrected chi connectivity index (χ2v) is 9.26. The van der Waals surface area contributed by atoms with E-state index in [0.717, 1.165) is 52.7 Å². The number of carbonyl (C=O) groups excluding carboxylic acids is 2. The molecule has 7 heteroatoms. The number of nitrogens with one attached hydrogen (secondary N) is 3. The summed E-state index contributed by atoms with van der Waals surface area (Å²) in [5.74, 6) is -0.171. The van der Waals surface area contributed by atoms with Crippen molar-refractivity contribution < 1.29 is 9.59 Å². The van der Waals surface area contributed by atoms with Crippen LogP contribution in [0.1, 0.15) is 52.7 Å². The third-order valence-electron chi connectivity index (χ3n) is 6.94. The number of anilines is 1. The zero-order chi connectivity index (χ0) is 25.0. The van der Waals surface area contributed by atoms with Crippen molar-refractivity contribution in [2.24, 2.45) is 0 Å². The number of aryl methyl sites for hydroxylation is 1. The van der Waals surface area contributed by atoms with E-state index in [1.54, 1.807) is 18.3 Å². The Balaban J connectivity index is 1.19. The van der Waals surface area contributed by atoms with Crippen molar-refractivity contribution in [3.63, 3.8) is 0 Å². The van der Waals surface area contributed by atoms with Gasteiger partial charge in [-0.15, -0.1) is 0 Å². The number of hydrogen-bond donors (Lipinski definition) is 3. The van der Waals surface area contributed by atoms with Crippen LogP contribution < -0.4 is 10.6 Å². The summed E-state index contributed by atoms with van der Waals surface area (Å²) in [6.45, 7) is 0. The molecule has 36 heavy (non-hydrogen) atoms. The Morgan fingerprint density at radius 2 is 1.83 bits per heavy atom. The molecule has 2 aromatic heterocycles. The third-order valence-corrected chi connectivity index (χ3v) is 6.94. The molecular formula is C29H27N5O2. The summed E-state index contributed by atoms with van der Waals surface area (Å²) in [7, 11) is 0. The second-order valence-electron chi connectivity index (χ2n) is 9.26. The fourth-order valence-electron chi connectivity index (χ4n) is 4.73. The summed E-state index contributed by atoms with van der Waals surface area (Å²) in [5, 5.41) is 16.1. The first-order chi connectivity index (χ1) is 17.6. The summed E-state index contributed by atoms with van der Waals surface area (Å²) in [6, 6.07) is 20.9. The lowest BCUT2D eigenvalue weighted by Crippen LogP contribution is -2.50. The normalized spacial score (nSPS) is 14.0. The van der Waals surface area contributed by atoms with Crippen LogP contribution in [0.4, 0.5) is 5.69 Å². The zero-order valence-electron chi connectivity index (χ0n) is 19.9. The number of amides is 2. The van der Waals surface area contributed by atoms with Gasteiger partial charge in [0, 0.05) is 35.5 Å². The predicted molar refractivity (Wildman–Crippen MR) is 138 cm³/mol. The highest BCUT2D eigenvalue weighted by atomic mass is 16.2. The van der Waals surface area contributed by atoms with Crippen LogP contribution in [0, 0.1) is 11.3 Å². The maximum absolute atomic E-state index is 12.9. The van der Waals surface area contributed by atoms with E-state index >= 15 is 0 Å². The summed E-state index contributed by atoms with van der Waals surface area (Å²) < 4.78 is 0. The van der Waals surface area contributed by atoms with Crippen LogP contribution in [0.25, 0.3) is 11.0 Å². The standard InChI is InChI=1S/C29H27N5O2/c30-17-14-20-4-6-21(7-5-20)28(36)34-29(15-2-16-29)23-9-11-24(12-10-23)33-26(35)13-8-22-19-32-27-25(22)3-1-18-31-27/h1,3-7,9-12,18-19H,2,8,13-16H2,(H,31,32)(H,33,35)(H,34,36). The molecule has 3 N–H and O–H groups in total. The first-order valence-electron chi connectivity index (χ1n) is 12.2. The Morgan fingerprint density at radius 1 is 1.06 bits per heavy atom. The summed E-state index contributed by atoms with van der Waals surface area (Å²) >= 11 is 0. The first kappa shape index (κ1) is 23.3. The number of pyridine rings is 1. The van der Waals surface area contributed by atoms with Crippen molar-refractivity contribution in [1.29, 1.82) is 5.26 Å². The molecule has 0 saturated heterocycles. The number of aromatic nitrogens is 2. The van der Waals surface area contributed by atoms with E-state index in [1.807, 2.05) is 54.7 Å². The molecule has 1 fully saturated rings. The Labute approximate surface area is 209 Å². The quantitative estimate of drug-likeness (QED) is 0.331. The molecule has 0 atom stereocenters. The lowest BCUT2D eigenvalue weighted by Gasteiger charge is -2.43.